The van der Waals surface area contributed by atoms with E-state index in [9.17, 15) is 45.6 Å². The number of halogens is 4. The lowest BCUT2D eigenvalue weighted by molar-refractivity contribution is -0.144. The molecule has 0 atom stereocenters. The zero-order valence-corrected chi connectivity index (χ0v) is 16.6. The summed E-state index contributed by atoms with van der Waals surface area (Å²) in [6.07, 6.45) is -3.90. The maximum atomic E-state index is 14.6. The van der Waals surface area contributed by atoms with Crippen LogP contribution in [0, 0.1) is 17.1 Å². The summed E-state index contributed by atoms with van der Waals surface area (Å²) in [5.74, 6) is -2.65. The van der Waals surface area contributed by atoms with Crippen LogP contribution in [0.25, 0.3) is 5.69 Å². The van der Waals surface area contributed by atoms with Gasteiger partial charge in [0.15, 0.2) is 0 Å². The zero-order valence-electron chi connectivity index (χ0n) is 15.8. The summed E-state index contributed by atoms with van der Waals surface area (Å²) < 4.78 is 77.9. The molecule has 2 rings (SSSR count). The topological polar surface area (TPSA) is 122 Å². The Hall–Kier alpha value is -3.73. The first-order chi connectivity index (χ1) is 14.1. The normalized spacial score (nSPS) is 11.6. The molecule has 31 heavy (non-hydrogen) atoms. The van der Waals surface area contributed by atoms with E-state index in [-0.39, 0.29) is 19.5 Å². The molecule has 0 fully saturated rings. The second-order valence-corrected chi connectivity index (χ2v) is 7.88. The van der Waals surface area contributed by atoms with Gasteiger partial charge in [0.05, 0.1) is 23.2 Å². The fourth-order valence-electron chi connectivity index (χ4n) is 2.64. The van der Waals surface area contributed by atoms with E-state index in [1.807, 2.05) is 0 Å². The second kappa shape index (κ2) is 7.84. The van der Waals surface area contributed by atoms with Crippen molar-refractivity contribution in [3.05, 3.63) is 68.8 Å². The monoisotopic (exact) mass is 460 g/mol. The summed E-state index contributed by atoms with van der Waals surface area (Å²) in [6.45, 7) is 3.12. The van der Waals surface area contributed by atoms with Crippen molar-refractivity contribution in [1.29, 1.82) is 5.26 Å². The van der Waals surface area contributed by atoms with Gasteiger partial charge in [-0.1, -0.05) is 6.58 Å². The zero-order chi connectivity index (χ0) is 23.9. The summed E-state index contributed by atoms with van der Waals surface area (Å²) >= 11 is 0. The standard InChI is InChI=1S/C17H12F4N4O5S/c1-4-14(26)25(31(3,29)30)11-6-12(10(18)5-9(11)8-22)24-15(27)7-13(17(19,20)21)23(2)16(24)28/h4-7H,1H2,2-3H3. The van der Waals surface area contributed by atoms with Gasteiger partial charge >= 0.3 is 11.9 Å². The highest BCUT2D eigenvalue weighted by Crippen LogP contribution is 2.29. The first kappa shape index (κ1) is 23.5. The predicted molar refractivity (Wildman–Crippen MR) is 99.5 cm³/mol. The fraction of sp³-hybridized carbons (Fsp3) is 0.176. The molecule has 0 aliphatic carbocycles. The van der Waals surface area contributed by atoms with Crippen LogP contribution in [0.5, 0.6) is 0 Å². The van der Waals surface area contributed by atoms with Crippen molar-refractivity contribution in [3.8, 4) is 11.8 Å². The number of alkyl halides is 3. The van der Waals surface area contributed by atoms with Crippen molar-refractivity contribution in [2.45, 2.75) is 6.18 Å². The third-order valence-corrected chi connectivity index (χ3v) is 5.00. The van der Waals surface area contributed by atoms with Crippen molar-refractivity contribution in [2.75, 3.05) is 10.6 Å². The fourth-order valence-corrected chi connectivity index (χ4v) is 3.55. The molecule has 164 valence electrons. The van der Waals surface area contributed by atoms with Gasteiger partial charge in [-0.2, -0.15) is 18.4 Å². The number of hydrogen-bond acceptors (Lipinski definition) is 6. The molecule has 0 aliphatic heterocycles. The number of carbonyl (C=O) groups excluding carboxylic acids is 1. The maximum absolute atomic E-state index is 14.6. The molecule has 2 aromatic rings. The van der Waals surface area contributed by atoms with Crippen LogP contribution in [-0.4, -0.2) is 29.7 Å². The SMILES string of the molecule is C=CC(=O)N(c1cc(-n2c(=O)cc(C(F)(F)F)n(C)c2=O)c(F)cc1C#N)S(C)(=O)=O. The Labute approximate surface area is 171 Å². The lowest BCUT2D eigenvalue weighted by Crippen LogP contribution is -2.41. The number of benzene rings is 1. The Bertz CT molecular complexity index is 1370. The Morgan fingerprint density at radius 3 is 2.29 bits per heavy atom. The van der Waals surface area contributed by atoms with Crippen LogP contribution >= 0.6 is 0 Å². The van der Waals surface area contributed by atoms with E-state index in [2.05, 4.69) is 6.58 Å². The van der Waals surface area contributed by atoms with Gasteiger partial charge in [-0.05, 0) is 18.2 Å². The van der Waals surface area contributed by atoms with Gasteiger partial charge in [0.25, 0.3) is 11.5 Å². The van der Waals surface area contributed by atoms with Crippen LogP contribution in [0.15, 0.2) is 40.4 Å². The molecular formula is C17H12F4N4O5S. The number of anilines is 1. The van der Waals surface area contributed by atoms with E-state index in [1.165, 1.54) is 6.07 Å². The van der Waals surface area contributed by atoms with Crippen LogP contribution < -0.4 is 15.6 Å². The Kier molecular flexibility index (Phi) is 5.95. The molecule has 0 aliphatic rings. The Morgan fingerprint density at radius 1 is 1.26 bits per heavy atom. The van der Waals surface area contributed by atoms with Gasteiger partial charge in [0.1, 0.15) is 17.6 Å². The first-order valence-electron chi connectivity index (χ1n) is 7.96. The largest absolute Gasteiger partial charge is 0.431 e. The van der Waals surface area contributed by atoms with Gasteiger partial charge in [0, 0.05) is 13.1 Å². The molecule has 0 saturated heterocycles. The molecule has 0 N–H and O–H groups in total. The Morgan fingerprint density at radius 2 is 1.84 bits per heavy atom. The average molecular weight is 460 g/mol. The molecule has 0 saturated carbocycles. The summed E-state index contributed by atoms with van der Waals surface area (Å²) in [5, 5.41) is 9.22. The van der Waals surface area contributed by atoms with Crippen LogP contribution in [0.4, 0.5) is 23.2 Å². The van der Waals surface area contributed by atoms with E-state index in [1.54, 1.807) is 0 Å². The number of nitriles is 1. The van der Waals surface area contributed by atoms with Gasteiger partial charge < -0.3 is 0 Å². The van der Waals surface area contributed by atoms with Gasteiger partial charge in [-0.3, -0.25) is 14.2 Å². The lowest BCUT2D eigenvalue weighted by Gasteiger charge is -2.21. The highest BCUT2D eigenvalue weighted by molar-refractivity contribution is 7.92. The third-order valence-electron chi connectivity index (χ3n) is 3.96. The van der Waals surface area contributed by atoms with E-state index >= 15 is 0 Å². The molecule has 0 bridgehead atoms. The number of sulfonamides is 1. The second-order valence-electron chi connectivity index (χ2n) is 6.04. The molecule has 0 unspecified atom stereocenters. The van der Waals surface area contributed by atoms with Crippen molar-refractivity contribution in [2.24, 2.45) is 7.05 Å². The highest BCUT2D eigenvalue weighted by atomic mass is 32.2. The molecule has 0 radical (unpaired) electrons. The average Bonchev–Trinajstić information content (AvgIpc) is 2.64. The van der Waals surface area contributed by atoms with Gasteiger partial charge in [0.2, 0.25) is 10.0 Å². The van der Waals surface area contributed by atoms with Crippen molar-refractivity contribution < 1.29 is 30.8 Å². The van der Waals surface area contributed by atoms with Crippen molar-refractivity contribution in [1.82, 2.24) is 9.13 Å². The maximum Gasteiger partial charge on any atom is 0.431 e. The number of rotatable bonds is 4. The number of aromatic nitrogens is 2. The molecule has 9 nitrogen and oxygen atoms in total. The summed E-state index contributed by atoms with van der Waals surface area (Å²) in [6, 6.07) is 2.46. The van der Waals surface area contributed by atoms with Crippen LogP contribution in [-0.2, 0) is 28.0 Å². The predicted octanol–water partition coefficient (Wildman–Crippen LogP) is 1.04. The van der Waals surface area contributed by atoms with Gasteiger partial charge in [-0.25, -0.2) is 26.5 Å². The van der Waals surface area contributed by atoms with Gasteiger partial charge in [-0.15, -0.1) is 0 Å². The van der Waals surface area contributed by atoms with E-state index in [4.69, 9.17) is 0 Å². The van der Waals surface area contributed by atoms with E-state index < -0.39 is 61.8 Å². The number of nitrogens with zero attached hydrogens (tertiary/aromatic N) is 4. The number of hydrogen-bond donors (Lipinski definition) is 0. The lowest BCUT2D eigenvalue weighted by atomic mass is 10.1. The number of carbonyl (C=O) groups is 1. The summed E-state index contributed by atoms with van der Waals surface area (Å²) in [7, 11) is -3.72. The molecule has 1 aromatic carbocycles. The Balaban J connectivity index is 2.99. The minimum atomic E-state index is -5.07. The minimum Gasteiger partial charge on any atom is -0.292 e. The third kappa shape index (κ3) is 4.26. The van der Waals surface area contributed by atoms with E-state index in [0.717, 1.165) is 0 Å². The van der Waals surface area contributed by atoms with Crippen molar-refractivity contribution in [3.63, 3.8) is 0 Å². The summed E-state index contributed by atoms with van der Waals surface area (Å²) in [4.78, 5) is 36.7. The highest BCUT2D eigenvalue weighted by Gasteiger charge is 2.35. The molecule has 14 heteroatoms. The molecule has 0 spiro atoms. The minimum absolute atomic E-state index is 0.00801. The van der Waals surface area contributed by atoms with Crippen LogP contribution in [0.3, 0.4) is 0 Å². The van der Waals surface area contributed by atoms with Crippen LogP contribution in [0.1, 0.15) is 11.3 Å². The smallest absolute Gasteiger partial charge is 0.292 e. The molecular weight excluding hydrogens is 448 g/mol. The molecule has 1 heterocycles. The van der Waals surface area contributed by atoms with Crippen molar-refractivity contribution >= 4 is 21.6 Å². The summed E-state index contributed by atoms with van der Waals surface area (Å²) in [5.41, 5.74) is -7.16. The number of amides is 1. The van der Waals surface area contributed by atoms with E-state index in [0.29, 0.717) is 31.5 Å². The quantitative estimate of drug-likeness (QED) is 0.497. The molecule has 1 aromatic heterocycles. The molecule has 1 amide bonds. The van der Waals surface area contributed by atoms with Crippen LogP contribution in [0.2, 0.25) is 0 Å². The first-order valence-corrected chi connectivity index (χ1v) is 9.81.